The second-order valence-corrected chi connectivity index (χ2v) is 5.58. The number of methoxy groups -OCH3 is 1. The van der Waals surface area contributed by atoms with Gasteiger partial charge in [-0.25, -0.2) is 9.97 Å². The van der Waals surface area contributed by atoms with Gasteiger partial charge in [-0.1, -0.05) is 29.8 Å². The van der Waals surface area contributed by atoms with E-state index in [2.05, 4.69) is 20.6 Å². The molecule has 0 bridgehead atoms. The van der Waals surface area contributed by atoms with E-state index in [-0.39, 0.29) is 0 Å². The van der Waals surface area contributed by atoms with E-state index >= 15 is 0 Å². The van der Waals surface area contributed by atoms with Gasteiger partial charge in [-0.15, -0.1) is 0 Å². The third-order valence-corrected chi connectivity index (χ3v) is 3.54. The number of hydrogen-bond acceptors (Lipinski definition) is 5. The zero-order valence-electron chi connectivity index (χ0n) is 13.4. The van der Waals surface area contributed by atoms with Crippen molar-refractivity contribution in [2.45, 2.75) is 6.92 Å². The van der Waals surface area contributed by atoms with Crippen LogP contribution in [-0.4, -0.2) is 17.1 Å². The predicted molar refractivity (Wildman–Crippen MR) is 97.8 cm³/mol. The Morgan fingerprint density at radius 3 is 2.33 bits per heavy atom. The molecule has 0 fully saturated rings. The van der Waals surface area contributed by atoms with E-state index in [1.807, 2.05) is 49.4 Å². The highest BCUT2D eigenvalue weighted by Gasteiger charge is 2.07. The highest BCUT2D eigenvalue weighted by atomic mass is 35.5. The number of aryl methyl sites for hydroxylation is 1. The largest absolute Gasteiger partial charge is 0.495 e. The van der Waals surface area contributed by atoms with E-state index in [1.54, 1.807) is 19.2 Å². The Morgan fingerprint density at radius 1 is 0.917 bits per heavy atom. The molecule has 0 saturated carbocycles. The summed E-state index contributed by atoms with van der Waals surface area (Å²) in [6.45, 7) is 1.84. The van der Waals surface area contributed by atoms with E-state index < -0.39 is 0 Å². The van der Waals surface area contributed by atoms with Crippen LogP contribution in [0.3, 0.4) is 0 Å². The molecule has 3 rings (SSSR count). The molecule has 3 aromatic rings. The summed E-state index contributed by atoms with van der Waals surface area (Å²) in [6.07, 6.45) is 0. The zero-order chi connectivity index (χ0) is 16.9. The standard InChI is InChI=1S/C18H17ClN4O/c1-12-20-17(22-14-6-4-3-5-7-14)11-18(21-12)23-15-10-13(19)8-9-16(15)24-2/h3-11H,1-2H3,(H2,20,21,22,23). The number of hydrogen-bond donors (Lipinski definition) is 2. The second-order valence-electron chi connectivity index (χ2n) is 5.15. The Balaban J connectivity index is 1.88. The fourth-order valence-electron chi connectivity index (χ4n) is 2.28. The van der Waals surface area contributed by atoms with Crippen molar-refractivity contribution in [1.29, 1.82) is 0 Å². The molecule has 0 aliphatic heterocycles. The fraction of sp³-hybridized carbons (Fsp3) is 0.111. The number of nitrogens with zero attached hydrogens (tertiary/aromatic N) is 2. The van der Waals surface area contributed by atoms with Crippen molar-refractivity contribution in [3.63, 3.8) is 0 Å². The third-order valence-electron chi connectivity index (χ3n) is 3.31. The number of anilines is 4. The van der Waals surface area contributed by atoms with Gasteiger partial charge in [0, 0.05) is 16.8 Å². The molecule has 6 heteroatoms. The van der Waals surface area contributed by atoms with E-state index in [4.69, 9.17) is 16.3 Å². The SMILES string of the molecule is COc1ccc(Cl)cc1Nc1cc(Nc2ccccc2)nc(C)n1. The van der Waals surface area contributed by atoms with Crippen molar-refractivity contribution >= 4 is 34.6 Å². The predicted octanol–water partition coefficient (Wildman–Crippen LogP) is 4.93. The first kappa shape index (κ1) is 16.1. The van der Waals surface area contributed by atoms with Gasteiger partial charge in [-0.05, 0) is 37.3 Å². The monoisotopic (exact) mass is 340 g/mol. The van der Waals surface area contributed by atoms with Crippen LogP contribution in [0.2, 0.25) is 5.02 Å². The van der Waals surface area contributed by atoms with Crippen molar-refractivity contribution in [3.8, 4) is 5.75 Å². The van der Waals surface area contributed by atoms with Gasteiger partial charge in [-0.3, -0.25) is 0 Å². The molecule has 122 valence electrons. The lowest BCUT2D eigenvalue weighted by Crippen LogP contribution is -2.02. The van der Waals surface area contributed by atoms with Crippen molar-refractivity contribution in [1.82, 2.24) is 9.97 Å². The topological polar surface area (TPSA) is 59.1 Å². The Bertz CT molecular complexity index is 840. The summed E-state index contributed by atoms with van der Waals surface area (Å²) in [6, 6.07) is 17.1. The van der Waals surface area contributed by atoms with Gasteiger partial charge in [0.2, 0.25) is 0 Å². The molecule has 24 heavy (non-hydrogen) atoms. The molecule has 0 aliphatic carbocycles. The van der Waals surface area contributed by atoms with Gasteiger partial charge >= 0.3 is 0 Å². The lowest BCUT2D eigenvalue weighted by molar-refractivity contribution is 0.417. The average molecular weight is 341 g/mol. The minimum absolute atomic E-state index is 0.617. The highest BCUT2D eigenvalue weighted by Crippen LogP contribution is 2.30. The quantitative estimate of drug-likeness (QED) is 0.689. The van der Waals surface area contributed by atoms with Crippen molar-refractivity contribution in [3.05, 3.63) is 65.4 Å². The van der Waals surface area contributed by atoms with E-state index in [1.165, 1.54) is 0 Å². The molecular formula is C18H17ClN4O. The number of halogens is 1. The summed E-state index contributed by atoms with van der Waals surface area (Å²) in [5, 5.41) is 7.11. The van der Waals surface area contributed by atoms with Crippen LogP contribution >= 0.6 is 11.6 Å². The Kier molecular flexibility index (Phi) is 4.82. The molecule has 0 atom stereocenters. The Labute approximate surface area is 145 Å². The minimum atomic E-state index is 0.617. The first-order valence-electron chi connectivity index (χ1n) is 7.42. The number of nitrogens with one attached hydrogen (secondary N) is 2. The molecule has 5 nitrogen and oxygen atoms in total. The molecule has 2 N–H and O–H groups in total. The van der Waals surface area contributed by atoms with Crippen LogP contribution < -0.4 is 15.4 Å². The van der Waals surface area contributed by atoms with E-state index in [0.29, 0.717) is 28.2 Å². The van der Waals surface area contributed by atoms with Gasteiger partial charge in [0.05, 0.1) is 12.8 Å². The van der Waals surface area contributed by atoms with Crippen molar-refractivity contribution < 1.29 is 4.74 Å². The van der Waals surface area contributed by atoms with Crippen LogP contribution in [0, 0.1) is 6.92 Å². The number of ether oxygens (including phenoxy) is 1. The van der Waals surface area contributed by atoms with Crippen LogP contribution in [0.1, 0.15) is 5.82 Å². The molecular weight excluding hydrogens is 324 g/mol. The maximum absolute atomic E-state index is 6.07. The van der Waals surface area contributed by atoms with Crippen LogP contribution in [-0.2, 0) is 0 Å². The molecule has 0 spiro atoms. The second kappa shape index (κ2) is 7.19. The summed E-state index contributed by atoms with van der Waals surface area (Å²) in [5.41, 5.74) is 1.70. The van der Waals surface area contributed by atoms with Crippen LogP contribution in [0.15, 0.2) is 54.6 Å². The summed E-state index contributed by atoms with van der Waals surface area (Å²) in [4.78, 5) is 8.83. The van der Waals surface area contributed by atoms with Crippen LogP contribution in [0.25, 0.3) is 0 Å². The van der Waals surface area contributed by atoms with Gasteiger partial charge in [0.25, 0.3) is 0 Å². The summed E-state index contributed by atoms with van der Waals surface area (Å²) in [7, 11) is 1.61. The van der Waals surface area contributed by atoms with Gasteiger partial charge in [0.15, 0.2) is 0 Å². The van der Waals surface area contributed by atoms with Crippen molar-refractivity contribution in [2.24, 2.45) is 0 Å². The van der Waals surface area contributed by atoms with Crippen LogP contribution in [0.4, 0.5) is 23.0 Å². The minimum Gasteiger partial charge on any atom is -0.495 e. The highest BCUT2D eigenvalue weighted by molar-refractivity contribution is 6.31. The summed E-state index contributed by atoms with van der Waals surface area (Å²) in [5.74, 6) is 2.70. The molecule has 0 aliphatic rings. The van der Waals surface area contributed by atoms with Gasteiger partial charge < -0.3 is 15.4 Å². The molecule has 1 heterocycles. The van der Waals surface area contributed by atoms with E-state index in [9.17, 15) is 0 Å². The molecule has 0 saturated heterocycles. The first-order chi connectivity index (χ1) is 11.6. The molecule has 1 aromatic heterocycles. The van der Waals surface area contributed by atoms with Crippen molar-refractivity contribution in [2.75, 3.05) is 17.7 Å². The average Bonchev–Trinajstić information content (AvgIpc) is 2.55. The fourth-order valence-corrected chi connectivity index (χ4v) is 2.45. The smallest absolute Gasteiger partial charge is 0.142 e. The molecule has 0 radical (unpaired) electrons. The lowest BCUT2D eigenvalue weighted by Gasteiger charge is -2.13. The normalized spacial score (nSPS) is 10.3. The van der Waals surface area contributed by atoms with Gasteiger partial charge in [-0.2, -0.15) is 0 Å². The van der Waals surface area contributed by atoms with Gasteiger partial charge in [0.1, 0.15) is 23.2 Å². The number of rotatable bonds is 5. The number of benzene rings is 2. The van der Waals surface area contributed by atoms with Crippen LogP contribution in [0.5, 0.6) is 5.75 Å². The maximum atomic E-state index is 6.07. The number of para-hydroxylation sites is 1. The first-order valence-corrected chi connectivity index (χ1v) is 7.80. The number of aromatic nitrogens is 2. The maximum Gasteiger partial charge on any atom is 0.142 e. The van der Waals surface area contributed by atoms with E-state index in [0.717, 1.165) is 11.4 Å². The molecule has 2 aromatic carbocycles. The molecule has 0 amide bonds. The Hall–Kier alpha value is -2.79. The zero-order valence-corrected chi connectivity index (χ0v) is 14.1. The molecule has 0 unspecified atom stereocenters. The lowest BCUT2D eigenvalue weighted by atomic mass is 10.3. The third kappa shape index (κ3) is 3.94. The Morgan fingerprint density at radius 2 is 1.62 bits per heavy atom. The summed E-state index contributed by atoms with van der Waals surface area (Å²) >= 11 is 6.07. The summed E-state index contributed by atoms with van der Waals surface area (Å²) < 4.78 is 5.35.